The highest BCUT2D eigenvalue weighted by Gasteiger charge is 2.30. The van der Waals surface area contributed by atoms with Crippen LogP contribution in [0.15, 0.2) is 61.1 Å². The summed E-state index contributed by atoms with van der Waals surface area (Å²) < 4.78 is 39.6. The van der Waals surface area contributed by atoms with Crippen LogP contribution >= 0.6 is 0 Å². The summed E-state index contributed by atoms with van der Waals surface area (Å²) in [4.78, 5) is 16.5. The van der Waals surface area contributed by atoms with Crippen LogP contribution in [0.4, 0.5) is 13.2 Å². The average molecular weight is 370 g/mol. The molecule has 1 amide bonds. The number of carbonyl (C=O) groups is 1. The third kappa shape index (κ3) is 3.98. The zero-order chi connectivity index (χ0) is 19.4. The van der Waals surface area contributed by atoms with Crippen LogP contribution in [0.1, 0.15) is 27.2 Å². The Morgan fingerprint density at radius 2 is 1.78 bits per heavy atom. The number of rotatable bonds is 4. The molecule has 3 aromatic rings. The maximum atomic E-state index is 12.7. The standard InChI is InChI=1S/C19H13F3N4O/c20-19(21,22)15-1-3-16(4-2-15)26-10-7-14(11-23)17(26)18(27)25-12-13-5-8-24-9-6-13/h1-10H,12H2,(H,25,27). The average Bonchev–Trinajstić information content (AvgIpc) is 3.10. The summed E-state index contributed by atoms with van der Waals surface area (Å²) in [6.07, 6.45) is 0.209. The van der Waals surface area contributed by atoms with Crippen molar-refractivity contribution in [3.05, 3.63) is 83.4 Å². The molecule has 27 heavy (non-hydrogen) atoms. The summed E-state index contributed by atoms with van der Waals surface area (Å²) in [5.74, 6) is -0.506. The predicted octanol–water partition coefficient (Wildman–Crippen LogP) is 3.69. The minimum Gasteiger partial charge on any atom is -0.347 e. The second-order valence-corrected chi connectivity index (χ2v) is 5.64. The van der Waals surface area contributed by atoms with E-state index in [0.717, 1.165) is 17.7 Å². The second kappa shape index (κ2) is 7.33. The molecular formula is C19H13F3N4O. The van der Waals surface area contributed by atoms with Crippen molar-refractivity contribution in [3.63, 3.8) is 0 Å². The first-order valence-electron chi connectivity index (χ1n) is 7.86. The summed E-state index contributed by atoms with van der Waals surface area (Å²) in [5.41, 5.74) is 0.569. The number of halogens is 3. The number of nitriles is 1. The van der Waals surface area contributed by atoms with Crippen LogP contribution in [0, 0.1) is 11.3 Å². The highest BCUT2D eigenvalue weighted by Crippen LogP contribution is 2.30. The summed E-state index contributed by atoms with van der Waals surface area (Å²) >= 11 is 0. The lowest BCUT2D eigenvalue weighted by atomic mass is 10.2. The number of benzene rings is 1. The van der Waals surface area contributed by atoms with Crippen LogP contribution in [0.5, 0.6) is 0 Å². The molecule has 0 bridgehead atoms. The first-order valence-corrected chi connectivity index (χ1v) is 7.86. The largest absolute Gasteiger partial charge is 0.416 e. The van der Waals surface area contributed by atoms with Crippen LogP contribution in [-0.4, -0.2) is 15.5 Å². The molecule has 0 aliphatic heterocycles. The smallest absolute Gasteiger partial charge is 0.347 e. The number of carbonyl (C=O) groups excluding carboxylic acids is 1. The lowest BCUT2D eigenvalue weighted by Crippen LogP contribution is -2.26. The van der Waals surface area contributed by atoms with Gasteiger partial charge in [-0.15, -0.1) is 0 Å². The van der Waals surface area contributed by atoms with E-state index in [1.807, 2.05) is 6.07 Å². The molecule has 0 aliphatic rings. The molecule has 0 saturated carbocycles. The van der Waals surface area contributed by atoms with E-state index in [4.69, 9.17) is 0 Å². The van der Waals surface area contributed by atoms with Crippen LogP contribution in [-0.2, 0) is 12.7 Å². The molecule has 0 spiro atoms. The lowest BCUT2D eigenvalue weighted by molar-refractivity contribution is -0.137. The minimum atomic E-state index is -4.45. The van der Waals surface area contributed by atoms with Gasteiger partial charge in [0.1, 0.15) is 11.8 Å². The quantitative estimate of drug-likeness (QED) is 0.761. The van der Waals surface area contributed by atoms with Gasteiger partial charge >= 0.3 is 6.18 Å². The molecule has 1 aromatic carbocycles. The lowest BCUT2D eigenvalue weighted by Gasteiger charge is -2.12. The SMILES string of the molecule is N#Cc1ccn(-c2ccc(C(F)(F)F)cc2)c1C(=O)NCc1ccncc1. The fourth-order valence-electron chi connectivity index (χ4n) is 2.55. The number of hydrogen-bond donors (Lipinski definition) is 1. The van der Waals surface area contributed by atoms with E-state index in [1.54, 1.807) is 24.5 Å². The van der Waals surface area contributed by atoms with Gasteiger partial charge < -0.3 is 9.88 Å². The summed E-state index contributed by atoms with van der Waals surface area (Å²) in [6.45, 7) is 0.227. The first-order chi connectivity index (χ1) is 12.9. The van der Waals surface area contributed by atoms with Gasteiger partial charge in [-0.25, -0.2) is 0 Å². The maximum Gasteiger partial charge on any atom is 0.416 e. The Balaban J connectivity index is 1.89. The Kier molecular flexibility index (Phi) is 4.94. The molecule has 0 fully saturated rings. The number of nitrogens with zero attached hydrogens (tertiary/aromatic N) is 3. The molecule has 0 atom stereocenters. The maximum absolute atomic E-state index is 12.7. The van der Waals surface area contributed by atoms with Crippen molar-refractivity contribution in [1.82, 2.24) is 14.9 Å². The fourth-order valence-corrected chi connectivity index (χ4v) is 2.55. The van der Waals surface area contributed by atoms with E-state index in [0.29, 0.717) is 5.69 Å². The number of nitrogens with one attached hydrogen (secondary N) is 1. The fraction of sp³-hybridized carbons (Fsp3) is 0.105. The molecule has 8 heteroatoms. The van der Waals surface area contributed by atoms with Gasteiger partial charge in [0.2, 0.25) is 0 Å². The summed E-state index contributed by atoms with van der Waals surface area (Å²) in [6, 6.07) is 11.2. The number of hydrogen-bond acceptors (Lipinski definition) is 3. The van der Waals surface area contributed by atoms with Gasteiger partial charge in [-0.2, -0.15) is 18.4 Å². The van der Waals surface area contributed by atoms with Crippen LogP contribution in [0.25, 0.3) is 5.69 Å². The van der Waals surface area contributed by atoms with Crippen molar-refractivity contribution in [2.45, 2.75) is 12.7 Å². The van der Waals surface area contributed by atoms with Crippen molar-refractivity contribution in [2.24, 2.45) is 0 Å². The third-order valence-electron chi connectivity index (χ3n) is 3.90. The van der Waals surface area contributed by atoms with Gasteiger partial charge in [-0.05, 0) is 48.0 Å². The molecule has 2 aromatic heterocycles. The Labute approximate surface area is 152 Å². The van der Waals surface area contributed by atoms with E-state index in [1.165, 1.54) is 29.0 Å². The van der Waals surface area contributed by atoms with Gasteiger partial charge in [-0.1, -0.05) is 0 Å². The van der Waals surface area contributed by atoms with Crippen molar-refractivity contribution in [3.8, 4) is 11.8 Å². The molecule has 0 saturated heterocycles. The van der Waals surface area contributed by atoms with Gasteiger partial charge in [0.15, 0.2) is 0 Å². The van der Waals surface area contributed by atoms with Gasteiger partial charge in [0, 0.05) is 30.8 Å². The molecule has 1 N–H and O–H groups in total. The zero-order valence-corrected chi connectivity index (χ0v) is 13.9. The van der Waals surface area contributed by atoms with Crippen LogP contribution in [0.2, 0.25) is 0 Å². The number of amides is 1. The summed E-state index contributed by atoms with van der Waals surface area (Å²) in [7, 11) is 0. The van der Waals surface area contributed by atoms with E-state index >= 15 is 0 Å². The van der Waals surface area contributed by atoms with E-state index in [-0.39, 0.29) is 17.8 Å². The molecule has 3 rings (SSSR count). The minimum absolute atomic E-state index is 0.0614. The Morgan fingerprint density at radius 1 is 1.11 bits per heavy atom. The first kappa shape index (κ1) is 18.2. The Morgan fingerprint density at radius 3 is 2.37 bits per heavy atom. The molecular weight excluding hydrogens is 357 g/mol. The number of pyridine rings is 1. The number of aromatic nitrogens is 2. The molecule has 5 nitrogen and oxygen atoms in total. The topological polar surface area (TPSA) is 70.7 Å². The highest BCUT2D eigenvalue weighted by atomic mass is 19.4. The Bertz CT molecular complexity index is 987. The summed E-state index contributed by atoms with van der Waals surface area (Å²) in [5, 5.41) is 12.0. The highest BCUT2D eigenvalue weighted by molar-refractivity contribution is 5.95. The molecule has 2 heterocycles. The normalized spacial score (nSPS) is 11.0. The second-order valence-electron chi connectivity index (χ2n) is 5.64. The monoisotopic (exact) mass is 370 g/mol. The molecule has 0 unspecified atom stereocenters. The predicted molar refractivity (Wildman–Crippen MR) is 90.9 cm³/mol. The van der Waals surface area contributed by atoms with Crippen LogP contribution < -0.4 is 5.32 Å². The zero-order valence-electron chi connectivity index (χ0n) is 13.9. The van der Waals surface area contributed by atoms with Gasteiger partial charge in [0.05, 0.1) is 11.1 Å². The van der Waals surface area contributed by atoms with Gasteiger partial charge in [-0.3, -0.25) is 9.78 Å². The van der Waals surface area contributed by atoms with Gasteiger partial charge in [0.25, 0.3) is 5.91 Å². The molecule has 0 radical (unpaired) electrons. The van der Waals surface area contributed by atoms with Crippen molar-refractivity contribution >= 4 is 5.91 Å². The van der Waals surface area contributed by atoms with E-state index < -0.39 is 17.6 Å². The van der Waals surface area contributed by atoms with Crippen molar-refractivity contribution < 1.29 is 18.0 Å². The van der Waals surface area contributed by atoms with Crippen LogP contribution in [0.3, 0.4) is 0 Å². The molecule has 0 aliphatic carbocycles. The van der Waals surface area contributed by atoms with E-state index in [2.05, 4.69) is 10.3 Å². The van der Waals surface area contributed by atoms with Crippen molar-refractivity contribution in [2.75, 3.05) is 0 Å². The molecule has 136 valence electrons. The number of alkyl halides is 3. The third-order valence-corrected chi connectivity index (χ3v) is 3.90. The van der Waals surface area contributed by atoms with E-state index in [9.17, 15) is 23.2 Å². The van der Waals surface area contributed by atoms with Crippen molar-refractivity contribution in [1.29, 1.82) is 5.26 Å². The Hall–Kier alpha value is -3.60.